The highest BCUT2D eigenvalue weighted by molar-refractivity contribution is 7.71. The number of anilines is 1. The molecule has 1 fully saturated rings. The molecule has 3 aromatic rings. The second-order valence-electron chi connectivity index (χ2n) is 5.97. The van der Waals surface area contributed by atoms with Crippen molar-refractivity contribution in [2.75, 3.05) is 31.1 Å². The Bertz CT molecular complexity index is 918. The van der Waals surface area contributed by atoms with E-state index in [1.807, 2.05) is 18.2 Å². The summed E-state index contributed by atoms with van der Waals surface area (Å²) in [7, 11) is 0. The van der Waals surface area contributed by atoms with Crippen LogP contribution in [-0.2, 0) is 6.67 Å². The molecule has 0 bridgehead atoms. The Morgan fingerprint density at radius 2 is 1.73 bits per heavy atom. The van der Waals surface area contributed by atoms with Crippen LogP contribution in [0.2, 0.25) is 5.02 Å². The molecule has 1 aromatic carbocycles. The van der Waals surface area contributed by atoms with E-state index in [0.717, 1.165) is 37.7 Å². The van der Waals surface area contributed by atoms with Gasteiger partial charge in [0.1, 0.15) is 0 Å². The van der Waals surface area contributed by atoms with Crippen LogP contribution in [0.15, 0.2) is 47.1 Å². The zero-order chi connectivity index (χ0) is 17.9. The fourth-order valence-electron chi connectivity index (χ4n) is 2.84. The molecule has 0 unspecified atom stereocenters. The minimum Gasteiger partial charge on any atom is -0.409 e. The van der Waals surface area contributed by atoms with E-state index in [4.69, 9.17) is 28.2 Å². The SMILES string of the molecule is S=c1oc(-c2ccc(Cl)cc2)nn1CN1CCN(c2ncccn2)CC1. The molecule has 3 heterocycles. The fourth-order valence-corrected chi connectivity index (χ4v) is 3.14. The van der Waals surface area contributed by atoms with Crippen molar-refractivity contribution < 1.29 is 4.42 Å². The van der Waals surface area contributed by atoms with Gasteiger partial charge in [-0.05, 0) is 42.5 Å². The summed E-state index contributed by atoms with van der Waals surface area (Å²) in [4.78, 5) is 13.4. The Morgan fingerprint density at radius 1 is 1.04 bits per heavy atom. The Balaban J connectivity index is 1.41. The second kappa shape index (κ2) is 7.53. The van der Waals surface area contributed by atoms with Gasteiger partial charge in [0.25, 0.3) is 4.84 Å². The average molecular weight is 389 g/mol. The Labute approximate surface area is 160 Å². The van der Waals surface area contributed by atoms with Crippen LogP contribution < -0.4 is 4.90 Å². The van der Waals surface area contributed by atoms with Crippen molar-refractivity contribution in [1.29, 1.82) is 0 Å². The van der Waals surface area contributed by atoms with Crippen molar-refractivity contribution in [2.45, 2.75) is 6.67 Å². The first-order valence-electron chi connectivity index (χ1n) is 8.27. The zero-order valence-corrected chi connectivity index (χ0v) is 15.5. The third kappa shape index (κ3) is 3.77. The van der Waals surface area contributed by atoms with Crippen LogP contribution in [0.3, 0.4) is 0 Å². The molecule has 0 saturated carbocycles. The summed E-state index contributed by atoms with van der Waals surface area (Å²) < 4.78 is 7.36. The van der Waals surface area contributed by atoms with E-state index in [2.05, 4.69) is 24.9 Å². The van der Waals surface area contributed by atoms with E-state index in [0.29, 0.717) is 22.4 Å². The van der Waals surface area contributed by atoms with Crippen LogP contribution in [0.5, 0.6) is 0 Å². The number of rotatable bonds is 4. The van der Waals surface area contributed by atoms with E-state index < -0.39 is 0 Å². The topological polar surface area (TPSA) is 63.2 Å². The monoisotopic (exact) mass is 388 g/mol. The molecule has 1 saturated heterocycles. The molecule has 2 aromatic heterocycles. The first kappa shape index (κ1) is 17.1. The fraction of sp³-hybridized carbons (Fsp3) is 0.294. The van der Waals surface area contributed by atoms with Gasteiger partial charge in [-0.3, -0.25) is 4.90 Å². The molecule has 0 spiro atoms. The number of halogens is 1. The lowest BCUT2D eigenvalue weighted by atomic mass is 10.2. The lowest BCUT2D eigenvalue weighted by molar-refractivity contribution is 0.191. The highest BCUT2D eigenvalue weighted by Crippen LogP contribution is 2.20. The summed E-state index contributed by atoms with van der Waals surface area (Å²) in [5.74, 6) is 1.28. The van der Waals surface area contributed by atoms with Crippen molar-refractivity contribution in [3.63, 3.8) is 0 Å². The molecule has 1 aliphatic heterocycles. The second-order valence-corrected chi connectivity index (χ2v) is 6.76. The van der Waals surface area contributed by atoms with Crippen LogP contribution in [0.1, 0.15) is 0 Å². The van der Waals surface area contributed by atoms with Gasteiger partial charge in [-0.15, -0.1) is 5.10 Å². The molecule has 4 rings (SSSR count). The maximum absolute atomic E-state index is 5.92. The van der Waals surface area contributed by atoms with E-state index in [9.17, 15) is 0 Å². The summed E-state index contributed by atoms with van der Waals surface area (Å²) >= 11 is 11.2. The lowest BCUT2D eigenvalue weighted by Gasteiger charge is -2.34. The van der Waals surface area contributed by atoms with Gasteiger partial charge in [0, 0.05) is 49.2 Å². The number of benzene rings is 1. The summed E-state index contributed by atoms with van der Waals surface area (Å²) in [5, 5.41) is 5.18. The Kier molecular flexibility index (Phi) is 4.96. The van der Waals surface area contributed by atoms with Crippen molar-refractivity contribution >= 4 is 29.8 Å². The van der Waals surface area contributed by atoms with E-state index in [-0.39, 0.29) is 0 Å². The lowest BCUT2D eigenvalue weighted by Crippen LogP contribution is -2.47. The van der Waals surface area contributed by atoms with Crippen LogP contribution >= 0.6 is 23.8 Å². The van der Waals surface area contributed by atoms with Crippen LogP contribution in [0.25, 0.3) is 11.5 Å². The van der Waals surface area contributed by atoms with E-state index >= 15 is 0 Å². The zero-order valence-electron chi connectivity index (χ0n) is 14.0. The Morgan fingerprint density at radius 3 is 2.42 bits per heavy atom. The first-order chi connectivity index (χ1) is 12.7. The maximum atomic E-state index is 5.92. The maximum Gasteiger partial charge on any atom is 0.288 e. The number of aromatic nitrogens is 4. The molecule has 0 radical (unpaired) electrons. The first-order valence-corrected chi connectivity index (χ1v) is 9.06. The number of piperazine rings is 1. The van der Waals surface area contributed by atoms with Crippen LogP contribution in [-0.4, -0.2) is 50.8 Å². The van der Waals surface area contributed by atoms with Gasteiger partial charge < -0.3 is 9.32 Å². The van der Waals surface area contributed by atoms with Crippen molar-refractivity contribution in [1.82, 2.24) is 24.6 Å². The van der Waals surface area contributed by atoms with Gasteiger partial charge in [-0.1, -0.05) is 11.6 Å². The van der Waals surface area contributed by atoms with E-state index in [1.54, 1.807) is 29.2 Å². The molecule has 0 atom stereocenters. The molecule has 0 amide bonds. The predicted molar refractivity (Wildman–Crippen MR) is 102 cm³/mol. The van der Waals surface area contributed by atoms with Gasteiger partial charge in [0.05, 0.1) is 6.67 Å². The standard InChI is InChI=1S/C17H17ClN6OS/c18-14-4-2-13(3-5-14)15-21-24(17(26)25-15)12-22-8-10-23(11-9-22)16-19-6-1-7-20-16/h1-7H,8-12H2. The molecular weight excluding hydrogens is 372 g/mol. The quantitative estimate of drug-likeness (QED) is 0.636. The average Bonchev–Trinajstić information content (AvgIpc) is 3.04. The molecule has 0 N–H and O–H groups in total. The number of hydrogen-bond acceptors (Lipinski definition) is 7. The van der Waals surface area contributed by atoms with Crippen molar-refractivity contribution in [2.24, 2.45) is 0 Å². The van der Waals surface area contributed by atoms with Gasteiger partial charge in [0.15, 0.2) is 0 Å². The van der Waals surface area contributed by atoms with E-state index in [1.165, 1.54) is 0 Å². The molecule has 7 nitrogen and oxygen atoms in total. The molecule has 134 valence electrons. The summed E-state index contributed by atoms with van der Waals surface area (Å²) in [6.07, 6.45) is 3.53. The molecule has 9 heteroatoms. The highest BCUT2D eigenvalue weighted by Gasteiger charge is 2.20. The van der Waals surface area contributed by atoms with Gasteiger partial charge in [0.2, 0.25) is 11.8 Å². The minimum absolute atomic E-state index is 0.365. The van der Waals surface area contributed by atoms with Crippen LogP contribution in [0.4, 0.5) is 5.95 Å². The van der Waals surface area contributed by atoms with Gasteiger partial charge in [-0.25, -0.2) is 14.6 Å². The van der Waals surface area contributed by atoms with Crippen molar-refractivity contribution in [3.8, 4) is 11.5 Å². The largest absolute Gasteiger partial charge is 0.409 e. The van der Waals surface area contributed by atoms with Gasteiger partial charge in [-0.2, -0.15) is 0 Å². The summed E-state index contributed by atoms with van der Waals surface area (Å²) in [6.45, 7) is 4.07. The number of nitrogens with zero attached hydrogens (tertiary/aromatic N) is 6. The Hall–Kier alpha value is -2.29. The molecule has 0 aliphatic carbocycles. The van der Waals surface area contributed by atoms with Gasteiger partial charge >= 0.3 is 0 Å². The third-order valence-electron chi connectivity index (χ3n) is 4.24. The predicted octanol–water partition coefficient (Wildman–Crippen LogP) is 3.10. The highest BCUT2D eigenvalue weighted by atomic mass is 35.5. The smallest absolute Gasteiger partial charge is 0.288 e. The third-order valence-corrected chi connectivity index (χ3v) is 4.78. The number of hydrogen-bond donors (Lipinski definition) is 0. The minimum atomic E-state index is 0.365. The van der Waals surface area contributed by atoms with Crippen LogP contribution in [0, 0.1) is 4.84 Å². The summed E-state index contributed by atoms with van der Waals surface area (Å²) in [6, 6.07) is 9.17. The molecule has 1 aliphatic rings. The van der Waals surface area contributed by atoms with Crippen molar-refractivity contribution in [3.05, 3.63) is 52.6 Å². The molecule has 26 heavy (non-hydrogen) atoms. The summed E-state index contributed by atoms with van der Waals surface area (Å²) in [5.41, 5.74) is 0.852. The normalized spacial score (nSPS) is 15.3. The molecular formula is C17H17ClN6OS.